The molecular formula is C19H18Cl2N2O3S. The highest BCUT2D eigenvalue weighted by atomic mass is 35.5. The zero-order valence-electron chi connectivity index (χ0n) is 15.0. The van der Waals surface area contributed by atoms with Crippen LogP contribution in [0.1, 0.15) is 22.4 Å². The van der Waals surface area contributed by atoms with Crippen molar-refractivity contribution < 1.29 is 12.6 Å². The zero-order chi connectivity index (χ0) is 19.8. The van der Waals surface area contributed by atoms with Gasteiger partial charge in [0, 0.05) is 29.1 Å². The Bertz CT molecular complexity index is 1090. The maximum Gasteiger partial charge on any atom is 0.340 e. The summed E-state index contributed by atoms with van der Waals surface area (Å²) in [5, 5.41) is 5.34. The number of halogens is 2. The summed E-state index contributed by atoms with van der Waals surface area (Å²) < 4.78 is 32.2. The van der Waals surface area contributed by atoms with E-state index in [-0.39, 0.29) is 10.8 Å². The Morgan fingerprint density at radius 1 is 1.07 bits per heavy atom. The summed E-state index contributed by atoms with van der Waals surface area (Å²) in [6.07, 6.45) is 0.369. The molecule has 0 aliphatic rings. The normalized spacial score (nSPS) is 11.6. The Balaban J connectivity index is 1.98. The van der Waals surface area contributed by atoms with Gasteiger partial charge in [-0.25, -0.2) is 4.68 Å². The molecule has 0 aliphatic heterocycles. The lowest BCUT2D eigenvalue weighted by atomic mass is 10.1. The van der Waals surface area contributed by atoms with Crippen molar-refractivity contribution in [2.75, 3.05) is 0 Å². The summed E-state index contributed by atoms with van der Waals surface area (Å²) in [5.74, 6) is 0.166. The molecule has 0 fully saturated rings. The van der Waals surface area contributed by atoms with Crippen molar-refractivity contribution in [1.29, 1.82) is 0 Å². The first-order valence-corrected chi connectivity index (χ1v) is 10.3. The molecule has 27 heavy (non-hydrogen) atoms. The number of hydrogen-bond acceptors (Lipinski definition) is 4. The SMILES string of the molecule is Cc1ccc(S(=O)(=O)Oc2c(Cc3ccc(Cl)cc3Cl)c(C)nn2C)cc1. The van der Waals surface area contributed by atoms with Crippen LogP contribution in [0.4, 0.5) is 0 Å². The predicted molar refractivity (Wildman–Crippen MR) is 106 cm³/mol. The van der Waals surface area contributed by atoms with Gasteiger partial charge >= 0.3 is 10.1 Å². The lowest BCUT2D eigenvalue weighted by Gasteiger charge is -2.11. The van der Waals surface area contributed by atoms with Gasteiger partial charge in [-0.2, -0.15) is 13.5 Å². The number of aryl methyl sites for hydroxylation is 3. The quantitative estimate of drug-likeness (QED) is 0.556. The molecule has 0 radical (unpaired) electrons. The second kappa shape index (κ2) is 7.54. The Morgan fingerprint density at radius 2 is 1.74 bits per heavy atom. The zero-order valence-corrected chi connectivity index (χ0v) is 17.4. The van der Waals surface area contributed by atoms with Crippen LogP contribution < -0.4 is 4.18 Å². The molecule has 2 aromatic carbocycles. The number of rotatable bonds is 5. The molecule has 5 nitrogen and oxygen atoms in total. The van der Waals surface area contributed by atoms with E-state index in [9.17, 15) is 8.42 Å². The summed E-state index contributed by atoms with van der Waals surface area (Å²) >= 11 is 12.2. The van der Waals surface area contributed by atoms with E-state index in [1.54, 1.807) is 44.3 Å². The van der Waals surface area contributed by atoms with Gasteiger partial charge in [-0.15, -0.1) is 0 Å². The standard InChI is InChI=1S/C19H18Cl2N2O3S/c1-12-4-8-16(9-5-12)27(24,25)26-19-17(13(2)22-23(19)3)10-14-6-7-15(20)11-18(14)21/h4-9,11H,10H2,1-3H3. The van der Waals surface area contributed by atoms with Crippen molar-refractivity contribution in [3.05, 3.63) is 74.9 Å². The van der Waals surface area contributed by atoms with Crippen molar-refractivity contribution >= 4 is 33.3 Å². The molecular weight excluding hydrogens is 407 g/mol. The molecule has 3 rings (SSSR count). The van der Waals surface area contributed by atoms with Gasteiger partial charge in [-0.3, -0.25) is 0 Å². The van der Waals surface area contributed by atoms with Crippen molar-refractivity contribution in [2.24, 2.45) is 7.05 Å². The van der Waals surface area contributed by atoms with Crippen LogP contribution in [0.3, 0.4) is 0 Å². The van der Waals surface area contributed by atoms with Crippen molar-refractivity contribution in [2.45, 2.75) is 25.2 Å². The average Bonchev–Trinajstić information content (AvgIpc) is 2.84. The molecule has 0 saturated heterocycles. The van der Waals surface area contributed by atoms with Crippen LogP contribution in [0.15, 0.2) is 47.4 Å². The molecule has 0 spiro atoms. The van der Waals surface area contributed by atoms with E-state index < -0.39 is 10.1 Å². The van der Waals surface area contributed by atoms with Crippen molar-refractivity contribution in [3.8, 4) is 5.88 Å². The minimum absolute atomic E-state index is 0.0856. The first-order chi connectivity index (χ1) is 12.7. The maximum absolute atomic E-state index is 12.7. The first-order valence-electron chi connectivity index (χ1n) is 8.15. The van der Waals surface area contributed by atoms with Crippen LogP contribution in [0.25, 0.3) is 0 Å². The molecule has 0 aliphatic carbocycles. The highest BCUT2D eigenvalue weighted by molar-refractivity contribution is 7.87. The second-order valence-electron chi connectivity index (χ2n) is 6.26. The Hall–Kier alpha value is -2.02. The highest BCUT2D eigenvalue weighted by Crippen LogP contribution is 2.30. The van der Waals surface area contributed by atoms with Crippen LogP contribution >= 0.6 is 23.2 Å². The smallest absolute Gasteiger partial charge is 0.340 e. The fourth-order valence-corrected chi connectivity index (χ4v) is 4.16. The average molecular weight is 425 g/mol. The molecule has 0 bridgehead atoms. The van der Waals surface area contributed by atoms with E-state index in [1.807, 2.05) is 6.92 Å². The van der Waals surface area contributed by atoms with Crippen molar-refractivity contribution in [3.63, 3.8) is 0 Å². The van der Waals surface area contributed by atoms with Gasteiger partial charge < -0.3 is 4.18 Å². The first kappa shape index (κ1) is 19.7. The van der Waals surface area contributed by atoms with Crippen LogP contribution in [0.5, 0.6) is 5.88 Å². The fraction of sp³-hybridized carbons (Fsp3) is 0.211. The topological polar surface area (TPSA) is 61.2 Å². The maximum atomic E-state index is 12.7. The van der Waals surface area contributed by atoms with E-state index in [0.29, 0.717) is 27.7 Å². The van der Waals surface area contributed by atoms with Crippen molar-refractivity contribution in [1.82, 2.24) is 9.78 Å². The summed E-state index contributed by atoms with van der Waals surface area (Å²) in [4.78, 5) is 0.0856. The molecule has 3 aromatic rings. The van der Waals surface area contributed by atoms with Gasteiger partial charge in [0.05, 0.1) is 5.69 Å². The minimum Gasteiger partial charge on any atom is -0.358 e. The van der Waals surface area contributed by atoms with Gasteiger partial charge in [0.1, 0.15) is 4.90 Å². The van der Waals surface area contributed by atoms with Gasteiger partial charge in [-0.1, -0.05) is 47.0 Å². The molecule has 8 heteroatoms. The van der Waals surface area contributed by atoms with E-state index in [1.165, 1.54) is 16.8 Å². The van der Waals surface area contributed by atoms with Crippen LogP contribution in [-0.4, -0.2) is 18.2 Å². The molecule has 0 amide bonds. The monoisotopic (exact) mass is 424 g/mol. The third-order valence-electron chi connectivity index (χ3n) is 4.17. The molecule has 1 heterocycles. The van der Waals surface area contributed by atoms with E-state index in [2.05, 4.69) is 5.10 Å². The number of aromatic nitrogens is 2. The molecule has 0 N–H and O–H groups in total. The molecule has 0 saturated carbocycles. The summed E-state index contributed by atoms with van der Waals surface area (Å²) in [6, 6.07) is 11.7. The Labute approximate surface area is 168 Å². The van der Waals surface area contributed by atoms with E-state index in [4.69, 9.17) is 27.4 Å². The third kappa shape index (κ3) is 4.29. The predicted octanol–water partition coefficient (Wildman–Crippen LogP) is 4.70. The lowest BCUT2D eigenvalue weighted by Crippen LogP contribution is -2.13. The van der Waals surface area contributed by atoms with E-state index in [0.717, 1.165) is 11.1 Å². The summed E-state index contributed by atoms with van der Waals surface area (Å²) in [5.41, 5.74) is 3.08. The number of benzene rings is 2. The van der Waals surface area contributed by atoms with Gasteiger partial charge in [0.2, 0.25) is 5.88 Å². The van der Waals surface area contributed by atoms with Crippen LogP contribution in [0.2, 0.25) is 10.0 Å². The number of hydrogen-bond donors (Lipinski definition) is 0. The summed E-state index contributed by atoms with van der Waals surface area (Å²) in [7, 11) is -2.35. The number of nitrogens with zero attached hydrogens (tertiary/aromatic N) is 2. The Kier molecular flexibility index (Phi) is 5.51. The largest absolute Gasteiger partial charge is 0.358 e. The molecule has 0 unspecified atom stereocenters. The minimum atomic E-state index is -3.99. The third-order valence-corrected chi connectivity index (χ3v) is 5.98. The van der Waals surface area contributed by atoms with Crippen LogP contribution in [-0.2, 0) is 23.6 Å². The van der Waals surface area contributed by atoms with E-state index >= 15 is 0 Å². The lowest BCUT2D eigenvalue weighted by molar-refractivity contribution is 0.452. The second-order valence-corrected chi connectivity index (χ2v) is 8.65. The molecule has 142 valence electrons. The van der Waals surface area contributed by atoms with Gasteiger partial charge in [-0.05, 0) is 43.7 Å². The molecule has 1 aromatic heterocycles. The summed E-state index contributed by atoms with van der Waals surface area (Å²) in [6.45, 7) is 3.68. The van der Waals surface area contributed by atoms with Crippen LogP contribution in [0, 0.1) is 13.8 Å². The van der Waals surface area contributed by atoms with Gasteiger partial charge in [0.25, 0.3) is 0 Å². The highest BCUT2D eigenvalue weighted by Gasteiger charge is 2.24. The fourth-order valence-electron chi connectivity index (χ4n) is 2.70. The van der Waals surface area contributed by atoms with Gasteiger partial charge in [0.15, 0.2) is 0 Å². The molecule has 0 atom stereocenters. The Morgan fingerprint density at radius 3 is 2.37 bits per heavy atom.